The van der Waals surface area contributed by atoms with Crippen LogP contribution in [0.15, 0.2) is 30.3 Å². The van der Waals surface area contributed by atoms with E-state index >= 15 is 0 Å². The van der Waals surface area contributed by atoms with Gasteiger partial charge in [0, 0.05) is 5.92 Å². The van der Waals surface area contributed by atoms with Gasteiger partial charge < -0.3 is 15.4 Å². The molecule has 2 amide bonds. The number of hydrogen-bond donors (Lipinski definition) is 2. The molecule has 0 aliphatic heterocycles. The third kappa shape index (κ3) is 13.4. The maximum Gasteiger partial charge on any atom is 0.408 e. The lowest BCUT2D eigenvalue weighted by atomic mass is 9.78. The molecule has 43 heavy (non-hydrogen) atoms. The zero-order valence-electron chi connectivity index (χ0n) is 27.7. The van der Waals surface area contributed by atoms with Crippen LogP contribution in [0.25, 0.3) is 0 Å². The van der Waals surface area contributed by atoms with Crippen LogP contribution in [-0.4, -0.2) is 35.5 Å². The number of Topliss-reactive ketones (excluding diaryl/α,β-unsaturated/α-hetero) is 1. The molecular weight excluding hydrogens is 536 g/mol. The summed E-state index contributed by atoms with van der Waals surface area (Å²) in [7, 11) is 0. The molecule has 0 aromatic heterocycles. The van der Waals surface area contributed by atoms with E-state index in [2.05, 4.69) is 10.6 Å². The van der Waals surface area contributed by atoms with E-state index in [1.54, 1.807) is 20.8 Å². The van der Waals surface area contributed by atoms with Crippen LogP contribution in [0.2, 0.25) is 0 Å². The van der Waals surface area contributed by atoms with Crippen LogP contribution in [0.4, 0.5) is 4.79 Å². The van der Waals surface area contributed by atoms with Gasteiger partial charge in [0.25, 0.3) is 0 Å². The molecule has 0 heterocycles. The van der Waals surface area contributed by atoms with E-state index in [0.717, 1.165) is 37.2 Å². The number of amides is 2. The van der Waals surface area contributed by atoms with Gasteiger partial charge >= 0.3 is 6.09 Å². The van der Waals surface area contributed by atoms with Gasteiger partial charge in [-0.2, -0.15) is 0 Å². The van der Waals surface area contributed by atoms with Crippen molar-refractivity contribution in [2.75, 3.05) is 0 Å². The van der Waals surface area contributed by atoms with Crippen molar-refractivity contribution in [3.63, 3.8) is 0 Å². The normalized spacial score (nSPS) is 18.3. The van der Waals surface area contributed by atoms with Crippen molar-refractivity contribution in [2.45, 2.75) is 155 Å². The summed E-state index contributed by atoms with van der Waals surface area (Å²) in [6.45, 7) is 9.45. The van der Waals surface area contributed by atoms with E-state index in [0.29, 0.717) is 24.7 Å². The van der Waals surface area contributed by atoms with Crippen LogP contribution < -0.4 is 10.6 Å². The van der Waals surface area contributed by atoms with E-state index < -0.39 is 23.8 Å². The van der Waals surface area contributed by atoms with Crippen molar-refractivity contribution < 1.29 is 19.1 Å². The second-order valence-corrected chi connectivity index (χ2v) is 14.6. The molecule has 2 saturated carbocycles. The molecule has 2 atom stereocenters. The standard InChI is InChI=1S/C37H59N2O4/c1-27(2)25-33(39-36(42)43-37(3,4)5)35(41)38-32(26-30-19-13-8-14-20-30)34(40)31(23-21-28-15-9-6-10-16-28)24-22-29-17-11-7-12-18-29/h8,13-14,19-20,27-29,32-33H,6-7,9-12,15-18,21-26H2,1-5H3,(H,38,41)(H,39,42)/t32-,33-/m0/s1. The van der Waals surface area contributed by atoms with Crippen molar-refractivity contribution in [1.29, 1.82) is 0 Å². The minimum absolute atomic E-state index is 0.0735. The highest BCUT2D eigenvalue weighted by Crippen LogP contribution is 2.34. The molecule has 0 bridgehead atoms. The Balaban J connectivity index is 1.79. The molecule has 1 radical (unpaired) electrons. The number of rotatable bonds is 15. The first-order valence-corrected chi connectivity index (χ1v) is 17.2. The summed E-state index contributed by atoms with van der Waals surface area (Å²) in [6.07, 6.45) is 16.9. The Hall–Kier alpha value is -2.37. The molecule has 3 rings (SSSR count). The highest BCUT2D eigenvalue weighted by atomic mass is 16.6. The van der Waals surface area contributed by atoms with Crippen LogP contribution in [0.3, 0.4) is 0 Å². The van der Waals surface area contributed by atoms with Gasteiger partial charge in [-0.05, 0) is 82.6 Å². The van der Waals surface area contributed by atoms with Gasteiger partial charge in [-0.1, -0.05) is 108 Å². The lowest BCUT2D eigenvalue weighted by Gasteiger charge is -2.29. The van der Waals surface area contributed by atoms with Gasteiger partial charge in [-0.15, -0.1) is 0 Å². The third-order valence-corrected chi connectivity index (χ3v) is 9.14. The average molecular weight is 596 g/mol. The van der Waals surface area contributed by atoms with Crippen LogP contribution in [0, 0.1) is 23.7 Å². The number of ether oxygens (including phenoxy) is 1. The Labute approximate surface area is 261 Å². The number of nitrogens with one attached hydrogen (secondary N) is 2. The van der Waals surface area contributed by atoms with E-state index in [1.807, 2.05) is 44.2 Å². The molecular formula is C37H59N2O4. The van der Waals surface area contributed by atoms with Gasteiger partial charge in [0.2, 0.25) is 5.91 Å². The van der Waals surface area contributed by atoms with Crippen LogP contribution in [0.5, 0.6) is 0 Å². The molecule has 2 aliphatic rings. The monoisotopic (exact) mass is 595 g/mol. The Morgan fingerprint density at radius 1 is 0.791 bits per heavy atom. The molecule has 6 nitrogen and oxygen atoms in total. The summed E-state index contributed by atoms with van der Waals surface area (Å²) in [5.41, 5.74) is 0.343. The van der Waals surface area contributed by atoms with Crippen LogP contribution in [0.1, 0.15) is 136 Å². The van der Waals surface area contributed by atoms with Crippen molar-refractivity contribution in [3.05, 3.63) is 41.8 Å². The molecule has 0 saturated heterocycles. The predicted octanol–water partition coefficient (Wildman–Crippen LogP) is 8.52. The maximum absolute atomic E-state index is 14.4. The fourth-order valence-corrected chi connectivity index (χ4v) is 6.81. The van der Waals surface area contributed by atoms with E-state index in [9.17, 15) is 14.4 Å². The zero-order chi connectivity index (χ0) is 31.2. The van der Waals surface area contributed by atoms with E-state index in [4.69, 9.17) is 4.74 Å². The quantitative estimate of drug-likeness (QED) is 0.213. The molecule has 2 N–H and O–H groups in total. The Morgan fingerprint density at radius 3 is 1.81 bits per heavy atom. The summed E-state index contributed by atoms with van der Waals surface area (Å²) >= 11 is 0. The second-order valence-electron chi connectivity index (χ2n) is 14.6. The highest BCUT2D eigenvalue weighted by molar-refractivity contribution is 5.99. The predicted molar refractivity (Wildman–Crippen MR) is 175 cm³/mol. The maximum atomic E-state index is 14.4. The van der Waals surface area contributed by atoms with Gasteiger partial charge in [0.15, 0.2) is 5.78 Å². The highest BCUT2D eigenvalue weighted by Gasteiger charge is 2.33. The molecule has 0 spiro atoms. The summed E-state index contributed by atoms with van der Waals surface area (Å²) in [4.78, 5) is 40.9. The second kappa shape index (κ2) is 17.8. The number of benzene rings is 1. The van der Waals surface area contributed by atoms with Gasteiger partial charge in [0.1, 0.15) is 11.6 Å². The minimum Gasteiger partial charge on any atom is -0.444 e. The third-order valence-electron chi connectivity index (χ3n) is 9.14. The van der Waals surface area contributed by atoms with Crippen LogP contribution in [-0.2, 0) is 20.7 Å². The minimum atomic E-state index is -0.783. The van der Waals surface area contributed by atoms with E-state index in [-0.39, 0.29) is 17.6 Å². The number of alkyl carbamates (subject to hydrolysis) is 1. The molecule has 0 unspecified atom stereocenters. The molecule has 1 aromatic carbocycles. The average Bonchev–Trinajstić information content (AvgIpc) is 2.96. The largest absolute Gasteiger partial charge is 0.444 e. The van der Waals surface area contributed by atoms with Gasteiger partial charge in [0.05, 0.1) is 6.04 Å². The number of ketones is 1. The molecule has 1 aromatic rings. The number of carbonyl (C=O) groups excluding carboxylic acids is 3. The van der Waals surface area contributed by atoms with Gasteiger partial charge in [-0.25, -0.2) is 4.79 Å². The Morgan fingerprint density at radius 2 is 1.33 bits per heavy atom. The SMILES string of the molecule is CC(C)C[C@H](NC(=O)OC(C)(C)C)C(=O)N[C@@H](Cc1ccccc1)C(=O)[C](CCC1CCCCC1)CCC1CCCCC1. The van der Waals surface area contributed by atoms with E-state index in [1.165, 1.54) is 64.2 Å². The van der Waals surface area contributed by atoms with Crippen molar-refractivity contribution >= 4 is 17.8 Å². The Bertz CT molecular complexity index is 952. The first-order valence-electron chi connectivity index (χ1n) is 17.2. The molecule has 241 valence electrons. The van der Waals surface area contributed by atoms with Crippen molar-refractivity contribution in [1.82, 2.24) is 10.6 Å². The smallest absolute Gasteiger partial charge is 0.408 e. The summed E-state index contributed by atoms with van der Waals surface area (Å²) < 4.78 is 5.46. The first kappa shape index (κ1) is 35.1. The molecule has 2 aliphatic carbocycles. The number of hydrogen-bond acceptors (Lipinski definition) is 4. The summed E-state index contributed by atoms with van der Waals surface area (Å²) in [5.74, 6) is 2.31. The van der Waals surface area contributed by atoms with Crippen LogP contribution >= 0.6 is 0 Å². The lowest BCUT2D eigenvalue weighted by Crippen LogP contribution is -2.54. The number of carbonyl (C=O) groups is 3. The topological polar surface area (TPSA) is 84.5 Å². The molecule has 6 heteroatoms. The first-order chi connectivity index (χ1) is 20.5. The summed E-state index contributed by atoms with van der Waals surface area (Å²) in [5, 5.41) is 5.90. The zero-order valence-corrected chi connectivity index (χ0v) is 27.7. The summed E-state index contributed by atoms with van der Waals surface area (Å²) in [6, 6.07) is 8.49. The fraction of sp³-hybridized carbons (Fsp3) is 0.730. The van der Waals surface area contributed by atoms with Gasteiger partial charge in [-0.3, -0.25) is 9.59 Å². The fourth-order valence-electron chi connectivity index (χ4n) is 6.81. The Kier molecular flexibility index (Phi) is 14.5. The van der Waals surface area contributed by atoms with Crippen molar-refractivity contribution in [3.8, 4) is 0 Å². The molecule has 2 fully saturated rings. The lowest BCUT2D eigenvalue weighted by molar-refractivity contribution is -0.128. The van der Waals surface area contributed by atoms with Crippen molar-refractivity contribution in [2.24, 2.45) is 17.8 Å².